The van der Waals surface area contributed by atoms with Crippen molar-refractivity contribution in [3.63, 3.8) is 0 Å². The topological polar surface area (TPSA) is 35.5 Å². The van der Waals surface area contributed by atoms with E-state index in [9.17, 15) is 5.11 Å². The van der Waals surface area contributed by atoms with Gasteiger partial charge in [-0.15, -0.1) is 0 Å². The lowest BCUT2D eigenvalue weighted by atomic mass is 10.0. The van der Waals surface area contributed by atoms with Crippen LogP contribution in [0.4, 0.5) is 0 Å². The third kappa shape index (κ3) is 6.13. The van der Waals surface area contributed by atoms with E-state index in [1.54, 1.807) is 6.07 Å². The van der Waals surface area contributed by atoms with E-state index in [1.807, 2.05) is 33.0 Å². The number of aliphatic hydroxyl groups is 1. The van der Waals surface area contributed by atoms with Crippen LogP contribution in [-0.4, -0.2) is 42.3 Å². The van der Waals surface area contributed by atoms with E-state index in [2.05, 4.69) is 17.1 Å². The highest BCUT2D eigenvalue weighted by Crippen LogP contribution is 2.31. The molecule has 2 N–H and O–H groups in total. The lowest BCUT2D eigenvalue weighted by Crippen LogP contribution is -2.39. The first-order valence-corrected chi connectivity index (χ1v) is 8.10. The summed E-state index contributed by atoms with van der Waals surface area (Å²) in [7, 11) is 1.92. The molecule has 0 aliphatic carbocycles. The molecule has 5 heteroatoms. The van der Waals surface area contributed by atoms with Crippen LogP contribution in [0.3, 0.4) is 0 Å². The van der Waals surface area contributed by atoms with Crippen molar-refractivity contribution in [3.8, 4) is 0 Å². The van der Waals surface area contributed by atoms with E-state index in [1.165, 1.54) is 0 Å². The number of hydrogen-bond donors (Lipinski definition) is 2. The molecule has 1 atom stereocenters. The van der Waals surface area contributed by atoms with Crippen molar-refractivity contribution in [2.75, 3.05) is 26.7 Å². The molecule has 120 valence electrons. The molecule has 0 amide bonds. The van der Waals surface area contributed by atoms with Gasteiger partial charge in [0, 0.05) is 19.1 Å². The first-order chi connectivity index (χ1) is 9.78. The summed E-state index contributed by atoms with van der Waals surface area (Å²) in [6.45, 7) is 8.21. The van der Waals surface area contributed by atoms with Gasteiger partial charge in [-0.1, -0.05) is 42.3 Å². The molecule has 1 aromatic rings. The SMILES string of the molecule is CCN(CCC(NC)c1cccc(Cl)c1Cl)CC(C)(C)O. The Bertz CT molecular complexity index is 446. The molecule has 0 aliphatic heterocycles. The van der Waals surface area contributed by atoms with Crippen LogP contribution < -0.4 is 5.32 Å². The van der Waals surface area contributed by atoms with Gasteiger partial charge in [-0.25, -0.2) is 0 Å². The summed E-state index contributed by atoms with van der Waals surface area (Å²) >= 11 is 12.4. The Hall–Kier alpha value is -0.320. The van der Waals surface area contributed by atoms with Crippen LogP contribution >= 0.6 is 23.2 Å². The Morgan fingerprint density at radius 3 is 2.52 bits per heavy atom. The Morgan fingerprint density at radius 1 is 1.33 bits per heavy atom. The van der Waals surface area contributed by atoms with Gasteiger partial charge in [-0.05, 0) is 45.5 Å². The molecule has 0 heterocycles. The molecular weight excluding hydrogens is 307 g/mol. The smallest absolute Gasteiger partial charge is 0.0718 e. The van der Waals surface area contributed by atoms with Crippen LogP contribution in [-0.2, 0) is 0 Å². The van der Waals surface area contributed by atoms with Crippen LogP contribution in [0, 0.1) is 0 Å². The largest absolute Gasteiger partial charge is 0.389 e. The summed E-state index contributed by atoms with van der Waals surface area (Å²) in [5, 5.41) is 14.4. The molecule has 1 aromatic carbocycles. The molecule has 0 aliphatic rings. The minimum Gasteiger partial charge on any atom is -0.389 e. The summed E-state index contributed by atoms with van der Waals surface area (Å²) in [6.07, 6.45) is 0.903. The number of hydrogen-bond acceptors (Lipinski definition) is 3. The fourth-order valence-electron chi connectivity index (χ4n) is 2.45. The molecule has 0 saturated heterocycles. The van der Waals surface area contributed by atoms with Crippen LogP contribution in [0.15, 0.2) is 18.2 Å². The zero-order chi connectivity index (χ0) is 16.0. The Morgan fingerprint density at radius 2 is 2.00 bits per heavy atom. The van der Waals surface area contributed by atoms with Gasteiger partial charge in [0.1, 0.15) is 0 Å². The molecular formula is C16H26Cl2N2O. The average Bonchev–Trinajstić information content (AvgIpc) is 2.41. The fourth-order valence-corrected chi connectivity index (χ4v) is 2.89. The number of benzene rings is 1. The molecule has 21 heavy (non-hydrogen) atoms. The van der Waals surface area contributed by atoms with E-state index in [0.717, 1.165) is 25.1 Å². The van der Waals surface area contributed by atoms with Gasteiger partial charge in [0.25, 0.3) is 0 Å². The number of likely N-dealkylation sites (N-methyl/N-ethyl adjacent to an activating group) is 1. The van der Waals surface area contributed by atoms with Gasteiger partial charge in [0.15, 0.2) is 0 Å². The summed E-state index contributed by atoms with van der Waals surface area (Å²) in [5.41, 5.74) is 0.338. The number of nitrogens with zero attached hydrogens (tertiary/aromatic N) is 1. The minimum atomic E-state index is -0.682. The highest BCUT2D eigenvalue weighted by molar-refractivity contribution is 6.42. The maximum absolute atomic E-state index is 9.94. The molecule has 1 unspecified atom stereocenters. The van der Waals surface area contributed by atoms with Gasteiger partial charge in [0.05, 0.1) is 15.6 Å². The summed E-state index contributed by atoms with van der Waals surface area (Å²) < 4.78 is 0. The third-order valence-electron chi connectivity index (χ3n) is 3.50. The third-order valence-corrected chi connectivity index (χ3v) is 4.33. The first-order valence-electron chi connectivity index (χ1n) is 7.34. The molecule has 3 nitrogen and oxygen atoms in total. The molecule has 0 spiro atoms. The van der Waals surface area contributed by atoms with Gasteiger partial charge >= 0.3 is 0 Å². The van der Waals surface area contributed by atoms with E-state index in [0.29, 0.717) is 16.6 Å². The number of rotatable bonds is 8. The molecule has 0 radical (unpaired) electrons. The van der Waals surface area contributed by atoms with Crippen molar-refractivity contribution in [3.05, 3.63) is 33.8 Å². The predicted octanol–water partition coefficient (Wildman–Crippen LogP) is 3.74. The minimum absolute atomic E-state index is 0.145. The monoisotopic (exact) mass is 332 g/mol. The highest BCUT2D eigenvalue weighted by Gasteiger charge is 2.20. The second-order valence-electron chi connectivity index (χ2n) is 5.95. The zero-order valence-corrected chi connectivity index (χ0v) is 14.8. The maximum Gasteiger partial charge on any atom is 0.0718 e. The molecule has 0 bridgehead atoms. The Kier molecular flexibility index (Phi) is 7.45. The van der Waals surface area contributed by atoms with Gasteiger partial charge < -0.3 is 15.3 Å². The molecule has 0 fully saturated rings. The van der Waals surface area contributed by atoms with Crippen LogP contribution in [0.1, 0.15) is 38.8 Å². The van der Waals surface area contributed by atoms with Crippen LogP contribution in [0.5, 0.6) is 0 Å². The van der Waals surface area contributed by atoms with Crippen LogP contribution in [0.2, 0.25) is 10.0 Å². The average molecular weight is 333 g/mol. The van der Waals surface area contributed by atoms with E-state index < -0.39 is 5.60 Å². The zero-order valence-electron chi connectivity index (χ0n) is 13.3. The van der Waals surface area contributed by atoms with Crippen molar-refractivity contribution in [2.24, 2.45) is 0 Å². The highest BCUT2D eigenvalue weighted by atomic mass is 35.5. The Labute approximate surface area is 138 Å². The second kappa shape index (κ2) is 8.35. The van der Waals surface area contributed by atoms with E-state index >= 15 is 0 Å². The standard InChI is InChI=1S/C16H26Cl2N2O/c1-5-20(11-16(2,3)21)10-9-14(19-4)12-7-6-8-13(17)15(12)18/h6-8,14,19,21H,5,9-11H2,1-4H3. The van der Waals surface area contributed by atoms with Crippen molar-refractivity contribution in [2.45, 2.75) is 38.8 Å². The number of nitrogens with one attached hydrogen (secondary N) is 1. The van der Waals surface area contributed by atoms with Crippen molar-refractivity contribution < 1.29 is 5.11 Å². The lowest BCUT2D eigenvalue weighted by molar-refractivity contribution is 0.0367. The number of halogens is 2. The van der Waals surface area contributed by atoms with Crippen molar-refractivity contribution in [1.82, 2.24) is 10.2 Å². The van der Waals surface area contributed by atoms with Crippen molar-refractivity contribution in [1.29, 1.82) is 0 Å². The summed E-state index contributed by atoms with van der Waals surface area (Å²) in [4.78, 5) is 2.24. The summed E-state index contributed by atoms with van der Waals surface area (Å²) in [5.74, 6) is 0. The van der Waals surface area contributed by atoms with E-state index in [4.69, 9.17) is 23.2 Å². The molecule has 0 aromatic heterocycles. The van der Waals surface area contributed by atoms with Gasteiger partial charge in [-0.2, -0.15) is 0 Å². The van der Waals surface area contributed by atoms with Crippen LogP contribution in [0.25, 0.3) is 0 Å². The predicted molar refractivity (Wildman–Crippen MR) is 91.3 cm³/mol. The first kappa shape index (κ1) is 18.7. The van der Waals surface area contributed by atoms with Gasteiger partial charge in [-0.3, -0.25) is 0 Å². The Balaban J connectivity index is 2.72. The fraction of sp³-hybridized carbons (Fsp3) is 0.625. The van der Waals surface area contributed by atoms with Gasteiger partial charge in [0.2, 0.25) is 0 Å². The lowest BCUT2D eigenvalue weighted by Gasteiger charge is -2.29. The summed E-state index contributed by atoms with van der Waals surface area (Å²) in [6, 6.07) is 5.86. The molecule has 1 rings (SSSR count). The molecule has 0 saturated carbocycles. The van der Waals surface area contributed by atoms with Crippen molar-refractivity contribution >= 4 is 23.2 Å². The maximum atomic E-state index is 9.94. The normalized spacial score (nSPS) is 13.7. The van der Waals surface area contributed by atoms with E-state index in [-0.39, 0.29) is 6.04 Å². The quantitative estimate of drug-likeness (QED) is 0.761. The second-order valence-corrected chi connectivity index (χ2v) is 6.74.